The van der Waals surface area contributed by atoms with Crippen molar-refractivity contribution in [3.63, 3.8) is 0 Å². The Hall–Kier alpha value is -0.0831. The number of hydrogen-bond acceptors (Lipinski definition) is 1. The number of likely N-dealkylation sites (tertiary alicyclic amines) is 1. The molecule has 0 aromatic heterocycles. The van der Waals surface area contributed by atoms with E-state index in [0.29, 0.717) is 0 Å². The fourth-order valence-electron chi connectivity index (χ4n) is 3.34. The summed E-state index contributed by atoms with van der Waals surface area (Å²) in [5, 5.41) is 0. The van der Waals surface area contributed by atoms with Crippen LogP contribution in [0.4, 0.5) is 0 Å². The Labute approximate surface area is 109 Å². The van der Waals surface area contributed by atoms with Crippen LogP contribution in [0.25, 0.3) is 0 Å². The second-order valence-electron chi connectivity index (χ2n) is 6.08. The van der Waals surface area contributed by atoms with Crippen LogP contribution in [0.15, 0.2) is 12.2 Å². The van der Waals surface area contributed by atoms with E-state index in [1.54, 1.807) is 0 Å². The Balaban J connectivity index is 2.54. The first-order valence-electron chi connectivity index (χ1n) is 7.48. The quantitative estimate of drug-likeness (QED) is 0.431. The fraction of sp³-hybridized carbons (Fsp3) is 0.867. The predicted octanol–water partition coefficient (Wildman–Crippen LogP) is 4.54. The smallest absolute Gasteiger partial charge is 0.0588 e. The third-order valence-corrected chi connectivity index (χ3v) is 9.90. The maximum atomic E-state index is 4.19. The van der Waals surface area contributed by atoms with Gasteiger partial charge in [-0.25, -0.2) is 0 Å². The van der Waals surface area contributed by atoms with E-state index in [2.05, 4.69) is 32.3 Å². The number of rotatable bonds is 9. The zero-order valence-electron chi connectivity index (χ0n) is 12.2. The molecule has 100 valence electrons. The van der Waals surface area contributed by atoms with E-state index in [0.717, 1.165) is 0 Å². The second-order valence-corrected chi connectivity index (χ2v) is 10.9. The monoisotopic (exact) mass is 253 g/mol. The van der Waals surface area contributed by atoms with Crippen LogP contribution in [0.3, 0.4) is 0 Å². The Morgan fingerprint density at radius 3 is 2.06 bits per heavy atom. The lowest BCUT2D eigenvalue weighted by molar-refractivity contribution is 0.191. The molecule has 2 heteroatoms. The summed E-state index contributed by atoms with van der Waals surface area (Å²) in [6.07, 6.45) is 4.18. The standard InChI is InChI=1S/C15H31NSi/c1-5-11-17(12-6-2,14-15(3)4)13-10-16-8-7-9-16/h3,5-14H2,1-2,4H3. The van der Waals surface area contributed by atoms with Crippen LogP contribution in [0.5, 0.6) is 0 Å². The Bertz CT molecular complexity index is 227. The van der Waals surface area contributed by atoms with Crippen molar-refractivity contribution < 1.29 is 0 Å². The van der Waals surface area contributed by atoms with Crippen molar-refractivity contribution in [3.05, 3.63) is 12.2 Å². The van der Waals surface area contributed by atoms with E-state index < -0.39 is 8.07 Å². The number of nitrogens with zero attached hydrogens (tertiary/aromatic N) is 1. The Morgan fingerprint density at radius 1 is 1.12 bits per heavy atom. The van der Waals surface area contributed by atoms with Crippen LogP contribution in [0.2, 0.25) is 24.2 Å². The second kappa shape index (κ2) is 7.37. The largest absolute Gasteiger partial charge is 0.304 e. The maximum absolute atomic E-state index is 4.19. The van der Waals surface area contributed by atoms with Gasteiger partial charge in [-0.1, -0.05) is 44.4 Å². The van der Waals surface area contributed by atoms with Gasteiger partial charge in [0.25, 0.3) is 0 Å². The van der Waals surface area contributed by atoms with Crippen LogP contribution in [-0.2, 0) is 0 Å². The molecule has 0 aromatic rings. The summed E-state index contributed by atoms with van der Waals surface area (Å²) < 4.78 is 0. The normalized spacial score (nSPS) is 16.9. The molecule has 0 radical (unpaired) electrons. The van der Waals surface area contributed by atoms with E-state index in [1.807, 2.05) is 0 Å². The maximum Gasteiger partial charge on any atom is 0.0588 e. The lowest BCUT2D eigenvalue weighted by Gasteiger charge is -2.37. The van der Waals surface area contributed by atoms with Gasteiger partial charge in [0.1, 0.15) is 0 Å². The van der Waals surface area contributed by atoms with Crippen molar-refractivity contribution in [1.82, 2.24) is 4.90 Å². The first-order valence-corrected chi connectivity index (χ1v) is 10.3. The summed E-state index contributed by atoms with van der Waals surface area (Å²) in [5.41, 5.74) is 1.43. The summed E-state index contributed by atoms with van der Waals surface area (Å²) in [7, 11) is -1.04. The van der Waals surface area contributed by atoms with Crippen molar-refractivity contribution in [1.29, 1.82) is 0 Å². The van der Waals surface area contributed by atoms with E-state index in [-0.39, 0.29) is 0 Å². The van der Waals surface area contributed by atoms with Gasteiger partial charge in [0, 0.05) is 0 Å². The van der Waals surface area contributed by atoms with Gasteiger partial charge in [-0.05, 0) is 45.1 Å². The molecule has 1 heterocycles. The molecule has 1 nitrogen and oxygen atoms in total. The molecular weight excluding hydrogens is 222 g/mol. The van der Waals surface area contributed by atoms with E-state index in [4.69, 9.17) is 0 Å². The molecule has 17 heavy (non-hydrogen) atoms. The van der Waals surface area contributed by atoms with Gasteiger partial charge in [0.15, 0.2) is 0 Å². The molecule has 1 rings (SSSR count). The highest BCUT2D eigenvalue weighted by atomic mass is 28.3. The first kappa shape index (κ1) is 15.0. The van der Waals surface area contributed by atoms with Crippen LogP contribution in [0, 0.1) is 0 Å². The number of allylic oxidation sites excluding steroid dienone is 1. The minimum absolute atomic E-state index is 1.04. The average Bonchev–Trinajstić information content (AvgIpc) is 2.14. The summed E-state index contributed by atoms with van der Waals surface area (Å²) in [6.45, 7) is 15.2. The van der Waals surface area contributed by atoms with Gasteiger partial charge in [0.05, 0.1) is 8.07 Å². The SMILES string of the molecule is C=C(C)C[Si](CCC)(CCC)CCN1CCC1. The van der Waals surface area contributed by atoms with Gasteiger partial charge < -0.3 is 4.90 Å². The molecule has 0 aliphatic carbocycles. The third-order valence-electron chi connectivity index (χ3n) is 4.14. The van der Waals surface area contributed by atoms with Gasteiger partial charge in [-0.15, -0.1) is 6.58 Å². The summed E-state index contributed by atoms with van der Waals surface area (Å²) in [6, 6.07) is 5.92. The topological polar surface area (TPSA) is 3.24 Å². The van der Waals surface area contributed by atoms with Crippen molar-refractivity contribution >= 4 is 8.07 Å². The van der Waals surface area contributed by atoms with Gasteiger partial charge in [0.2, 0.25) is 0 Å². The van der Waals surface area contributed by atoms with E-state index in [9.17, 15) is 0 Å². The zero-order valence-corrected chi connectivity index (χ0v) is 13.2. The fourth-order valence-corrected chi connectivity index (χ4v) is 8.81. The van der Waals surface area contributed by atoms with Crippen molar-refractivity contribution in [2.24, 2.45) is 0 Å². The molecule has 1 aliphatic heterocycles. The number of hydrogen-bond donors (Lipinski definition) is 0. The minimum Gasteiger partial charge on any atom is -0.304 e. The van der Waals surface area contributed by atoms with E-state index >= 15 is 0 Å². The van der Waals surface area contributed by atoms with Crippen LogP contribution >= 0.6 is 0 Å². The highest BCUT2D eigenvalue weighted by Gasteiger charge is 2.31. The Morgan fingerprint density at radius 2 is 1.71 bits per heavy atom. The molecule has 0 aromatic carbocycles. The third kappa shape index (κ3) is 4.97. The van der Waals surface area contributed by atoms with Crippen molar-refractivity contribution in [2.75, 3.05) is 19.6 Å². The molecule has 1 fully saturated rings. The lowest BCUT2D eigenvalue weighted by atomic mass is 10.2. The minimum atomic E-state index is -1.04. The average molecular weight is 254 g/mol. The van der Waals surface area contributed by atoms with E-state index in [1.165, 1.54) is 68.6 Å². The molecule has 0 saturated carbocycles. The molecule has 0 bridgehead atoms. The molecule has 1 aliphatic rings. The first-order chi connectivity index (χ1) is 8.12. The summed E-state index contributed by atoms with van der Waals surface area (Å²) in [5.74, 6) is 0. The predicted molar refractivity (Wildman–Crippen MR) is 81.4 cm³/mol. The van der Waals surface area contributed by atoms with Crippen molar-refractivity contribution in [3.8, 4) is 0 Å². The molecule has 0 amide bonds. The van der Waals surface area contributed by atoms with Gasteiger partial charge >= 0.3 is 0 Å². The summed E-state index contributed by atoms with van der Waals surface area (Å²) >= 11 is 0. The molecule has 0 atom stereocenters. The molecule has 0 spiro atoms. The Kier molecular flexibility index (Phi) is 6.50. The van der Waals surface area contributed by atoms with Crippen molar-refractivity contribution in [2.45, 2.75) is 64.2 Å². The van der Waals surface area contributed by atoms with Gasteiger partial charge in [-0.2, -0.15) is 0 Å². The van der Waals surface area contributed by atoms with Crippen LogP contribution < -0.4 is 0 Å². The zero-order chi connectivity index (χ0) is 12.7. The lowest BCUT2D eigenvalue weighted by Crippen LogP contribution is -2.43. The highest BCUT2D eigenvalue weighted by Crippen LogP contribution is 2.32. The van der Waals surface area contributed by atoms with Crippen LogP contribution in [0.1, 0.15) is 40.0 Å². The summed E-state index contributed by atoms with van der Waals surface area (Å²) in [4.78, 5) is 2.64. The highest BCUT2D eigenvalue weighted by molar-refractivity contribution is 6.80. The van der Waals surface area contributed by atoms with Gasteiger partial charge in [-0.3, -0.25) is 0 Å². The molecule has 0 unspecified atom stereocenters. The molecule has 1 saturated heterocycles. The van der Waals surface area contributed by atoms with Crippen LogP contribution in [-0.4, -0.2) is 32.6 Å². The molecular formula is C15H31NSi. The molecule has 0 N–H and O–H groups in total.